The third kappa shape index (κ3) is 2.74. The lowest BCUT2D eigenvalue weighted by atomic mass is 10.3. The molecule has 2 rings (SSSR count). The Hall–Kier alpha value is -1.18. The Morgan fingerprint density at radius 3 is 2.88 bits per heavy atom. The van der Waals surface area contributed by atoms with E-state index >= 15 is 0 Å². The molecule has 1 aromatic heterocycles. The van der Waals surface area contributed by atoms with Crippen molar-refractivity contribution < 1.29 is 4.79 Å². The molecule has 0 atom stereocenters. The fraction of sp³-hybridized carbons (Fsp3) is 0. The molecule has 1 heterocycles. The number of amides is 1. The van der Waals surface area contributed by atoms with Gasteiger partial charge in [0.1, 0.15) is 0 Å². The van der Waals surface area contributed by atoms with Crippen LogP contribution in [0.1, 0.15) is 9.80 Å². The van der Waals surface area contributed by atoms with Gasteiger partial charge in [0.15, 0.2) is 0 Å². The van der Waals surface area contributed by atoms with Crippen LogP contribution >= 0.6 is 38.9 Å². The number of anilines is 2. The van der Waals surface area contributed by atoms with E-state index in [1.807, 2.05) is 0 Å². The third-order valence-electron chi connectivity index (χ3n) is 1.83. The van der Waals surface area contributed by atoms with E-state index in [4.69, 9.17) is 17.3 Å². The highest BCUT2D eigenvalue weighted by atomic mass is 79.9. The summed E-state index contributed by atoms with van der Waals surface area (Å²) < 4.78 is 0.618. The Morgan fingerprint density at radius 2 is 2.24 bits per heavy atom. The predicted molar refractivity (Wildman–Crippen MR) is 71.4 cm³/mol. The highest BCUT2D eigenvalue weighted by molar-refractivity contribution is 9.10. The van der Waals surface area contributed by atoms with Crippen molar-refractivity contribution in [1.29, 1.82) is 0 Å². The van der Waals surface area contributed by atoms with Crippen LogP contribution in [-0.2, 0) is 0 Å². The standard InChI is InChI=1S/C9H6BrClN4OS/c10-6-4(11)2-1-3-5(6)13-7(16)8-14-15-9(12)17-8/h1-3H,(H2,12,15)(H,13,16). The summed E-state index contributed by atoms with van der Waals surface area (Å²) in [5, 5.41) is 10.8. The molecule has 88 valence electrons. The van der Waals surface area contributed by atoms with Crippen molar-refractivity contribution in [2.75, 3.05) is 11.1 Å². The van der Waals surface area contributed by atoms with Crippen LogP contribution in [0.3, 0.4) is 0 Å². The first-order valence-corrected chi connectivity index (χ1v) is 6.41. The maximum atomic E-state index is 11.8. The molecular formula is C9H6BrClN4OS. The molecule has 0 spiro atoms. The number of carbonyl (C=O) groups is 1. The number of carbonyl (C=O) groups excluding carboxylic acids is 1. The monoisotopic (exact) mass is 332 g/mol. The normalized spacial score (nSPS) is 10.2. The van der Waals surface area contributed by atoms with E-state index in [9.17, 15) is 4.79 Å². The maximum Gasteiger partial charge on any atom is 0.286 e. The average molecular weight is 334 g/mol. The van der Waals surface area contributed by atoms with Gasteiger partial charge in [-0.1, -0.05) is 29.0 Å². The zero-order valence-electron chi connectivity index (χ0n) is 8.28. The number of hydrogen-bond donors (Lipinski definition) is 2. The van der Waals surface area contributed by atoms with E-state index in [1.165, 1.54) is 0 Å². The lowest BCUT2D eigenvalue weighted by Crippen LogP contribution is -2.12. The number of benzene rings is 1. The van der Waals surface area contributed by atoms with Crippen molar-refractivity contribution in [3.63, 3.8) is 0 Å². The van der Waals surface area contributed by atoms with E-state index in [1.54, 1.807) is 18.2 Å². The van der Waals surface area contributed by atoms with Gasteiger partial charge in [-0.05, 0) is 28.1 Å². The molecule has 0 aliphatic heterocycles. The Morgan fingerprint density at radius 1 is 1.47 bits per heavy atom. The number of rotatable bonds is 2. The van der Waals surface area contributed by atoms with Crippen LogP contribution in [0.25, 0.3) is 0 Å². The summed E-state index contributed by atoms with van der Waals surface area (Å²) in [6.07, 6.45) is 0. The lowest BCUT2D eigenvalue weighted by Gasteiger charge is -2.06. The van der Waals surface area contributed by atoms with Crippen LogP contribution in [-0.4, -0.2) is 16.1 Å². The molecule has 1 aromatic carbocycles. The first-order chi connectivity index (χ1) is 8.08. The molecule has 0 fully saturated rings. The topological polar surface area (TPSA) is 80.9 Å². The smallest absolute Gasteiger partial charge is 0.286 e. The van der Waals surface area contributed by atoms with Gasteiger partial charge in [0, 0.05) is 0 Å². The fourth-order valence-corrected chi connectivity index (χ4v) is 2.15. The highest BCUT2D eigenvalue weighted by Crippen LogP contribution is 2.30. The summed E-state index contributed by atoms with van der Waals surface area (Å²) in [7, 11) is 0. The summed E-state index contributed by atoms with van der Waals surface area (Å²) >= 11 is 10.2. The molecule has 0 unspecified atom stereocenters. The van der Waals surface area contributed by atoms with E-state index < -0.39 is 0 Å². The number of nitrogens with one attached hydrogen (secondary N) is 1. The molecular weight excluding hydrogens is 328 g/mol. The number of aromatic nitrogens is 2. The van der Waals surface area contributed by atoms with Crippen LogP contribution in [0, 0.1) is 0 Å². The van der Waals surface area contributed by atoms with Gasteiger partial charge in [0.05, 0.1) is 15.2 Å². The number of hydrogen-bond acceptors (Lipinski definition) is 5. The van der Waals surface area contributed by atoms with Gasteiger partial charge in [-0.3, -0.25) is 4.79 Å². The summed E-state index contributed by atoms with van der Waals surface area (Å²) in [4.78, 5) is 11.8. The molecule has 2 aromatic rings. The summed E-state index contributed by atoms with van der Waals surface area (Å²) in [5.74, 6) is -0.373. The molecule has 1 amide bonds. The van der Waals surface area contributed by atoms with Gasteiger partial charge in [-0.25, -0.2) is 0 Å². The molecule has 8 heteroatoms. The minimum Gasteiger partial charge on any atom is -0.374 e. The van der Waals surface area contributed by atoms with Crippen molar-refractivity contribution >= 4 is 55.6 Å². The van der Waals surface area contributed by atoms with Gasteiger partial charge in [0.2, 0.25) is 10.1 Å². The van der Waals surface area contributed by atoms with E-state index in [0.29, 0.717) is 15.2 Å². The van der Waals surface area contributed by atoms with Crippen molar-refractivity contribution in [2.24, 2.45) is 0 Å². The van der Waals surface area contributed by atoms with Crippen LogP contribution < -0.4 is 11.1 Å². The second kappa shape index (κ2) is 4.99. The molecule has 0 saturated heterocycles. The largest absolute Gasteiger partial charge is 0.374 e. The summed E-state index contributed by atoms with van der Waals surface area (Å²) in [5.41, 5.74) is 5.96. The Balaban J connectivity index is 2.21. The van der Waals surface area contributed by atoms with E-state index in [0.717, 1.165) is 11.3 Å². The van der Waals surface area contributed by atoms with Crippen LogP contribution in [0.5, 0.6) is 0 Å². The van der Waals surface area contributed by atoms with Gasteiger partial charge in [-0.15, -0.1) is 10.2 Å². The zero-order chi connectivity index (χ0) is 12.4. The number of nitrogens with two attached hydrogens (primary N) is 1. The molecule has 0 aliphatic carbocycles. The molecule has 0 saturated carbocycles. The van der Waals surface area contributed by atoms with Crippen LogP contribution in [0.2, 0.25) is 5.02 Å². The lowest BCUT2D eigenvalue weighted by molar-refractivity contribution is 0.102. The van der Waals surface area contributed by atoms with Crippen molar-refractivity contribution in [2.45, 2.75) is 0 Å². The number of nitrogens with zero attached hydrogens (tertiary/aromatic N) is 2. The van der Waals surface area contributed by atoms with Gasteiger partial charge in [-0.2, -0.15) is 0 Å². The quantitative estimate of drug-likeness (QED) is 0.885. The summed E-state index contributed by atoms with van der Waals surface area (Å²) in [6, 6.07) is 5.17. The zero-order valence-corrected chi connectivity index (χ0v) is 11.4. The number of nitrogen functional groups attached to an aromatic ring is 1. The maximum absolute atomic E-state index is 11.8. The van der Waals surface area contributed by atoms with Crippen LogP contribution in [0.4, 0.5) is 10.8 Å². The molecule has 0 bridgehead atoms. The first kappa shape index (κ1) is 12.3. The van der Waals surface area contributed by atoms with Gasteiger partial charge in [0.25, 0.3) is 5.91 Å². The first-order valence-electron chi connectivity index (χ1n) is 4.42. The third-order valence-corrected chi connectivity index (χ3v) is 3.98. The predicted octanol–water partition coefficient (Wildman–Crippen LogP) is 2.79. The molecule has 0 radical (unpaired) electrons. The Labute approximate surface area is 114 Å². The second-order valence-electron chi connectivity index (χ2n) is 3.00. The Kier molecular flexibility index (Phi) is 3.60. The molecule has 5 nitrogen and oxygen atoms in total. The van der Waals surface area contributed by atoms with Crippen molar-refractivity contribution in [3.05, 3.63) is 32.7 Å². The second-order valence-corrected chi connectivity index (χ2v) is 5.21. The molecule has 17 heavy (non-hydrogen) atoms. The van der Waals surface area contributed by atoms with Crippen molar-refractivity contribution in [1.82, 2.24) is 10.2 Å². The summed E-state index contributed by atoms with van der Waals surface area (Å²) in [6.45, 7) is 0. The molecule has 0 aliphatic rings. The van der Waals surface area contributed by atoms with E-state index in [-0.39, 0.29) is 16.0 Å². The van der Waals surface area contributed by atoms with Gasteiger partial charge >= 0.3 is 0 Å². The van der Waals surface area contributed by atoms with Crippen LogP contribution in [0.15, 0.2) is 22.7 Å². The fourth-order valence-electron chi connectivity index (χ4n) is 1.10. The minimum atomic E-state index is -0.373. The minimum absolute atomic E-state index is 0.203. The van der Waals surface area contributed by atoms with Gasteiger partial charge < -0.3 is 11.1 Å². The van der Waals surface area contributed by atoms with Crippen molar-refractivity contribution in [3.8, 4) is 0 Å². The Bertz CT molecular complexity index is 574. The SMILES string of the molecule is Nc1nnc(C(=O)Nc2cccc(Cl)c2Br)s1. The average Bonchev–Trinajstić information content (AvgIpc) is 2.72. The number of halogens is 2. The van der Waals surface area contributed by atoms with E-state index in [2.05, 4.69) is 31.4 Å². The highest BCUT2D eigenvalue weighted by Gasteiger charge is 2.13. The molecule has 3 N–H and O–H groups in total.